The van der Waals surface area contributed by atoms with E-state index in [1.54, 1.807) is 12.4 Å². The monoisotopic (exact) mass is 229 g/mol. The van der Waals surface area contributed by atoms with E-state index in [0.29, 0.717) is 6.04 Å². The Morgan fingerprint density at radius 3 is 2.41 bits per heavy atom. The van der Waals surface area contributed by atoms with Crippen LogP contribution in [0.3, 0.4) is 0 Å². The van der Waals surface area contributed by atoms with Gasteiger partial charge in [0.05, 0.1) is 6.04 Å². The Kier molecular flexibility index (Phi) is 2.73. The third-order valence-electron chi connectivity index (χ3n) is 3.20. The number of nitrogens with zero attached hydrogens (tertiary/aromatic N) is 5. The Morgan fingerprint density at radius 2 is 1.76 bits per heavy atom. The van der Waals surface area contributed by atoms with E-state index in [4.69, 9.17) is 0 Å². The molecule has 17 heavy (non-hydrogen) atoms. The van der Waals surface area contributed by atoms with Gasteiger partial charge in [0.25, 0.3) is 0 Å². The lowest BCUT2D eigenvalue weighted by atomic mass is 10.1. The van der Waals surface area contributed by atoms with Crippen LogP contribution in [0.1, 0.15) is 18.9 Å². The molecule has 1 saturated heterocycles. The summed E-state index contributed by atoms with van der Waals surface area (Å²) >= 11 is 0. The third-order valence-corrected chi connectivity index (χ3v) is 3.20. The normalized spacial score (nSPS) is 17.3. The van der Waals surface area contributed by atoms with Crippen LogP contribution in [0.5, 0.6) is 0 Å². The van der Waals surface area contributed by atoms with E-state index in [1.807, 2.05) is 24.5 Å². The minimum absolute atomic E-state index is 0.518. The van der Waals surface area contributed by atoms with E-state index in [9.17, 15) is 0 Å². The fourth-order valence-corrected chi connectivity index (χ4v) is 2.28. The standard InChI is InChI=1S/C12H15N5/c1-5-13-12(14-6-1)16-9-3-11(4-10-16)17-8-2-7-15-17/h1-2,5-8,11H,3-4,9-10H2. The molecule has 0 bridgehead atoms. The lowest BCUT2D eigenvalue weighted by molar-refractivity contribution is 0.365. The highest BCUT2D eigenvalue weighted by molar-refractivity contribution is 5.28. The second-order valence-electron chi connectivity index (χ2n) is 4.25. The molecule has 2 aromatic rings. The van der Waals surface area contributed by atoms with Gasteiger partial charge >= 0.3 is 0 Å². The molecule has 0 N–H and O–H groups in total. The molecule has 0 radical (unpaired) electrons. The fourth-order valence-electron chi connectivity index (χ4n) is 2.28. The van der Waals surface area contributed by atoms with Crippen molar-refractivity contribution in [1.82, 2.24) is 19.7 Å². The van der Waals surface area contributed by atoms with E-state index in [2.05, 4.69) is 24.6 Å². The number of hydrogen-bond acceptors (Lipinski definition) is 4. The molecule has 3 heterocycles. The van der Waals surface area contributed by atoms with Crippen molar-refractivity contribution in [3.8, 4) is 0 Å². The SMILES string of the molecule is c1cnc(N2CCC(n3cccn3)CC2)nc1. The summed E-state index contributed by atoms with van der Waals surface area (Å²) in [5.41, 5.74) is 0. The third kappa shape index (κ3) is 2.13. The minimum atomic E-state index is 0.518. The lowest BCUT2D eigenvalue weighted by Gasteiger charge is -2.31. The lowest BCUT2D eigenvalue weighted by Crippen LogP contribution is -2.35. The van der Waals surface area contributed by atoms with E-state index in [1.165, 1.54) is 0 Å². The second-order valence-corrected chi connectivity index (χ2v) is 4.25. The van der Waals surface area contributed by atoms with Crippen molar-refractivity contribution < 1.29 is 0 Å². The first-order valence-corrected chi connectivity index (χ1v) is 5.94. The van der Waals surface area contributed by atoms with Gasteiger partial charge in [0.1, 0.15) is 0 Å². The summed E-state index contributed by atoms with van der Waals surface area (Å²) in [6.45, 7) is 1.99. The van der Waals surface area contributed by atoms with Crippen molar-refractivity contribution in [2.75, 3.05) is 18.0 Å². The van der Waals surface area contributed by atoms with Crippen molar-refractivity contribution >= 4 is 5.95 Å². The van der Waals surface area contributed by atoms with Gasteiger partial charge in [-0.1, -0.05) is 0 Å². The Hall–Kier alpha value is -1.91. The summed E-state index contributed by atoms with van der Waals surface area (Å²) in [7, 11) is 0. The zero-order valence-electron chi connectivity index (χ0n) is 9.61. The molecule has 0 saturated carbocycles. The molecule has 0 spiro atoms. The first-order valence-electron chi connectivity index (χ1n) is 5.94. The average Bonchev–Trinajstić information content (AvgIpc) is 2.94. The van der Waals surface area contributed by atoms with E-state index in [0.717, 1.165) is 31.9 Å². The molecule has 0 atom stereocenters. The van der Waals surface area contributed by atoms with Crippen LogP contribution in [0.15, 0.2) is 36.9 Å². The maximum absolute atomic E-state index is 4.30. The highest BCUT2D eigenvalue weighted by atomic mass is 15.3. The summed E-state index contributed by atoms with van der Waals surface area (Å²) < 4.78 is 2.06. The Balaban J connectivity index is 1.65. The second kappa shape index (κ2) is 4.53. The molecule has 1 fully saturated rings. The zero-order chi connectivity index (χ0) is 11.5. The summed E-state index contributed by atoms with van der Waals surface area (Å²) in [6, 6.07) is 4.34. The van der Waals surface area contributed by atoms with Crippen LogP contribution >= 0.6 is 0 Å². The van der Waals surface area contributed by atoms with Crippen molar-refractivity contribution in [2.45, 2.75) is 18.9 Å². The smallest absolute Gasteiger partial charge is 0.225 e. The molecule has 3 rings (SSSR count). The molecular weight excluding hydrogens is 214 g/mol. The molecule has 1 aliphatic rings. The van der Waals surface area contributed by atoms with E-state index >= 15 is 0 Å². The molecule has 5 nitrogen and oxygen atoms in total. The largest absolute Gasteiger partial charge is 0.341 e. The summed E-state index contributed by atoms with van der Waals surface area (Å²) in [4.78, 5) is 10.8. The van der Waals surface area contributed by atoms with Gasteiger partial charge in [-0.3, -0.25) is 4.68 Å². The van der Waals surface area contributed by atoms with Gasteiger partial charge < -0.3 is 4.90 Å². The summed E-state index contributed by atoms with van der Waals surface area (Å²) in [6.07, 6.45) is 9.66. The van der Waals surface area contributed by atoms with Crippen LogP contribution in [0, 0.1) is 0 Å². The first kappa shape index (κ1) is 10.3. The van der Waals surface area contributed by atoms with Crippen molar-refractivity contribution in [1.29, 1.82) is 0 Å². The quantitative estimate of drug-likeness (QED) is 0.783. The molecule has 88 valence electrons. The predicted octanol–water partition coefficient (Wildman–Crippen LogP) is 1.51. The number of anilines is 1. The Bertz CT molecular complexity index is 445. The highest BCUT2D eigenvalue weighted by Gasteiger charge is 2.21. The van der Waals surface area contributed by atoms with Crippen LogP contribution in [0.2, 0.25) is 0 Å². The van der Waals surface area contributed by atoms with Gasteiger partial charge in [0.2, 0.25) is 5.95 Å². The van der Waals surface area contributed by atoms with Crippen LogP contribution < -0.4 is 4.90 Å². The Morgan fingerprint density at radius 1 is 1.00 bits per heavy atom. The molecule has 2 aromatic heterocycles. The van der Waals surface area contributed by atoms with E-state index < -0.39 is 0 Å². The minimum Gasteiger partial charge on any atom is -0.341 e. The summed E-state index contributed by atoms with van der Waals surface area (Å²) in [5.74, 6) is 0.839. The molecule has 1 aliphatic heterocycles. The predicted molar refractivity (Wildman–Crippen MR) is 64.7 cm³/mol. The molecule has 5 heteroatoms. The zero-order valence-corrected chi connectivity index (χ0v) is 9.61. The molecule has 0 aromatic carbocycles. The molecule has 0 amide bonds. The molecule has 0 aliphatic carbocycles. The number of piperidine rings is 1. The van der Waals surface area contributed by atoms with Crippen LogP contribution in [0.4, 0.5) is 5.95 Å². The maximum Gasteiger partial charge on any atom is 0.225 e. The van der Waals surface area contributed by atoms with Crippen LogP contribution in [0.25, 0.3) is 0 Å². The topological polar surface area (TPSA) is 46.8 Å². The van der Waals surface area contributed by atoms with Gasteiger partial charge in [-0.2, -0.15) is 5.10 Å². The van der Waals surface area contributed by atoms with Crippen LogP contribution in [-0.4, -0.2) is 32.8 Å². The average molecular weight is 229 g/mol. The summed E-state index contributed by atoms with van der Waals surface area (Å²) in [5, 5.41) is 4.30. The number of aromatic nitrogens is 4. The van der Waals surface area contributed by atoms with Gasteiger partial charge in [0, 0.05) is 37.9 Å². The van der Waals surface area contributed by atoms with Gasteiger partial charge in [-0.05, 0) is 25.0 Å². The maximum atomic E-state index is 4.30. The van der Waals surface area contributed by atoms with Gasteiger partial charge in [0.15, 0.2) is 0 Å². The van der Waals surface area contributed by atoms with Crippen molar-refractivity contribution in [2.24, 2.45) is 0 Å². The van der Waals surface area contributed by atoms with Crippen molar-refractivity contribution in [3.63, 3.8) is 0 Å². The number of rotatable bonds is 2. The molecular formula is C12H15N5. The molecule has 0 unspecified atom stereocenters. The van der Waals surface area contributed by atoms with E-state index in [-0.39, 0.29) is 0 Å². The fraction of sp³-hybridized carbons (Fsp3) is 0.417. The van der Waals surface area contributed by atoms with Gasteiger partial charge in [-0.15, -0.1) is 0 Å². The Labute approximate surface area is 100 Å². The number of hydrogen-bond donors (Lipinski definition) is 0. The first-order chi connectivity index (χ1) is 8.43. The van der Waals surface area contributed by atoms with Crippen LogP contribution in [-0.2, 0) is 0 Å². The highest BCUT2D eigenvalue weighted by Crippen LogP contribution is 2.23. The van der Waals surface area contributed by atoms with Crippen molar-refractivity contribution in [3.05, 3.63) is 36.9 Å². The van der Waals surface area contributed by atoms with Gasteiger partial charge in [-0.25, -0.2) is 9.97 Å².